The van der Waals surface area contributed by atoms with E-state index in [9.17, 15) is 22.8 Å². The van der Waals surface area contributed by atoms with E-state index in [1.54, 1.807) is 24.3 Å². The lowest BCUT2D eigenvalue weighted by atomic mass is 9.90. The Morgan fingerprint density at radius 3 is 2.31 bits per heavy atom. The van der Waals surface area contributed by atoms with E-state index in [2.05, 4.69) is 0 Å². The number of Topliss-reactive ketones (excluding diaryl/α,β-unsaturated/α-hetero) is 1. The van der Waals surface area contributed by atoms with E-state index in [1.165, 1.54) is 4.90 Å². The smallest absolute Gasteiger partial charge is 0.389 e. The van der Waals surface area contributed by atoms with Crippen molar-refractivity contribution < 1.29 is 27.5 Å². The average molecular weight is 405 g/mol. The maximum atomic E-state index is 12.8. The zero-order chi connectivity index (χ0) is 20.9. The Balaban J connectivity index is 1.58. The molecule has 0 aliphatic carbocycles. The molecule has 1 fully saturated rings. The van der Waals surface area contributed by atoms with Crippen LogP contribution in [0.3, 0.4) is 0 Å². The minimum atomic E-state index is -4.36. The molecule has 7 heteroatoms. The fourth-order valence-electron chi connectivity index (χ4n) is 3.37. The van der Waals surface area contributed by atoms with Crippen molar-refractivity contribution in [3.8, 4) is 11.5 Å². The summed E-state index contributed by atoms with van der Waals surface area (Å²) in [6.07, 6.45) is -4.85. The lowest BCUT2D eigenvalue weighted by molar-refractivity contribution is -0.149. The number of carbonyl (C=O) groups is 2. The molecule has 0 aromatic heterocycles. The van der Waals surface area contributed by atoms with E-state index in [0.717, 1.165) is 0 Å². The molecule has 3 rings (SSSR count). The number of rotatable bonds is 6. The largest absolute Gasteiger partial charge is 0.457 e. The normalized spacial score (nSPS) is 17.1. The molecule has 1 atom stereocenters. The van der Waals surface area contributed by atoms with Gasteiger partial charge < -0.3 is 9.64 Å². The van der Waals surface area contributed by atoms with Crippen molar-refractivity contribution in [2.75, 3.05) is 13.1 Å². The second-order valence-electron chi connectivity index (χ2n) is 7.10. The van der Waals surface area contributed by atoms with Crippen molar-refractivity contribution in [2.24, 2.45) is 5.92 Å². The zero-order valence-corrected chi connectivity index (χ0v) is 15.8. The number of carbonyl (C=O) groups excluding carboxylic acids is 2. The Morgan fingerprint density at radius 2 is 1.66 bits per heavy atom. The number of para-hydroxylation sites is 1. The van der Waals surface area contributed by atoms with Gasteiger partial charge in [0.25, 0.3) is 0 Å². The Bertz CT molecular complexity index is 835. The average Bonchev–Trinajstić information content (AvgIpc) is 2.72. The van der Waals surface area contributed by atoms with Crippen LogP contribution in [-0.4, -0.2) is 35.9 Å². The van der Waals surface area contributed by atoms with Crippen LogP contribution in [0.1, 0.15) is 36.0 Å². The molecule has 154 valence electrons. The first-order valence-electron chi connectivity index (χ1n) is 9.53. The highest BCUT2D eigenvalue weighted by Gasteiger charge is 2.32. The lowest BCUT2D eigenvalue weighted by Gasteiger charge is -2.32. The molecule has 1 heterocycles. The van der Waals surface area contributed by atoms with Crippen LogP contribution in [0.25, 0.3) is 0 Å². The molecule has 0 spiro atoms. The van der Waals surface area contributed by atoms with Gasteiger partial charge in [-0.25, -0.2) is 0 Å². The van der Waals surface area contributed by atoms with Crippen LogP contribution < -0.4 is 4.74 Å². The van der Waals surface area contributed by atoms with Crippen LogP contribution in [-0.2, 0) is 4.79 Å². The first-order chi connectivity index (χ1) is 13.8. The Morgan fingerprint density at radius 1 is 1.00 bits per heavy atom. The lowest BCUT2D eigenvalue weighted by Crippen LogP contribution is -2.42. The van der Waals surface area contributed by atoms with E-state index in [0.29, 0.717) is 36.4 Å². The molecule has 4 nitrogen and oxygen atoms in total. The van der Waals surface area contributed by atoms with Crippen LogP contribution in [0, 0.1) is 5.92 Å². The second-order valence-corrected chi connectivity index (χ2v) is 7.10. The summed E-state index contributed by atoms with van der Waals surface area (Å²) in [5, 5.41) is 0. The van der Waals surface area contributed by atoms with Crippen LogP contribution in [0.4, 0.5) is 13.2 Å². The number of alkyl halides is 3. The summed E-state index contributed by atoms with van der Waals surface area (Å²) in [6, 6.07) is 16.0. The van der Waals surface area contributed by atoms with Crippen molar-refractivity contribution in [2.45, 2.75) is 31.9 Å². The van der Waals surface area contributed by atoms with E-state index in [4.69, 9.17) is 4.74 Å². The highest BCUT2D eigenvalue weighted by atomic mass is 19.4. The van der Waals surface area contributed by atoms with Crippen molar-refractivity contribution in [1.82, 2.24) is 4.90 Å². The monoisotopic (exact) mass is 405 g/mol. The summed E-state index contributed by atoms with van der Waals surface area (Å²) in [4.78, 5) is 26.2. The number of ketones is 1. The number of hydrogen-bond acceptors (Lipinski definition) is 3. The third-order valence-corrected chi connectivity index (χ3v) is 4.88. The molecule has 2 aromatic rings. The molecule has 0 unspecified atom stereocenters. The fraction of sp³-hybridized carbons (Fsp3) is 0.364. The van der Waals surface area contributed by atoms with E-state index in [1.807, 2.05) is 30.3 Å². The number of amides is 1. The van der Waals surface area contributed by atoms with Crippen LogP contribution in [0.5, 0.6) is 11.5 Å². The number of halogens is 3. The highest BCUT2D eigenvalue weighted by molar-refractivity contribution is 5.98. The quantitative estimate of drug-likeness (QED) is 0.618. The van der Waals surface area contributed by atoms with E-state index in [-0.39, 0.29) is 12.3 Å². The number of ether oxygens (including phenoxy) is 1. The first-order valence-corrected chi connectivity index (χ1v) is 9.53. The van der Waals surface area contributed by atoms with Gasteiger partial charge in [0.15, 0.2) is 5.78 Å². The van der Waals surface area contributed by atoms with Crippen molar-refractivity contribution >= 4 is 11.7 Å². The summed E-state index contributed by atoms with van der Waals surface area (Å²) in [5.74, 6) is 0.225. The predicted octanol–water partition coefficient (Wildman–Crippen LogP) is 5.24. The van der Waals surface area contributed by atoms with Gasteiger partial charge in [-0.2, -0.15) is 13.2 Å². The van der Waals surface area contributed by atoms with E-state index < -0.39 is 30.8 Å². The SMILES string of the molecule is O=C(c1ccc(Oc2ccccc2)cc1)[C@@H]1CCCN(C(=O)CCC(F)(F)F)C1. The van der Waals surface area contributed by atoms with Gasteiger partial charge in [-0.05, 0) is 49.2 Å². The zero-order valence-electron chi connectivity index (χ0n) is 15.8. The molecule has 1 saturated heterocycles. The standard InChI is InChI=1S/C22H22F3NO3/c23-22(24,25)13-12-20(27)26-14-4-5-17(15-26)21(28)16-8-10-19(11-9-16)29-18-6-2-1-3-7-18/h1-3,6-11,17H,4-5,12-15H2/t17-/m1/s1. The fourth-order valence-corrected chi connectivity index (χ4v) is 3.37. The molecule has 0 saturated carbocycles. The number of likely N-dealkylation sites (tertiary alicyclic amines) is 1. The van der Waals surface area contributed by atoms with Gasteiger partial charge in [0.1, 0.15) is 11.5 Å². The maximum Gasteiger partial charge on any atom is 0.389 e. The Hall–Kier alpha value is -2.83. The summed E-state index contributed by atoms with van der Waals surface area (Å²) >= 11 is 0. The van der Waals surface area contributed by atoms with Crippen molar-refractivity contribution in [3.63, 3.8) is 0 Å². The molecule has 0 radical (unpaired) electrons. The molecule has 1 aliphatic heterocycles. The minimum absolute atomic E-state index is 0.107. The van der Waals surface area contributed by atoms with Gasteiger partial charge in [-0.3, -0.25) is 9.59 Å². The van der Waals surface area contributed by atoms with Gasteiger partial charge in [-0.1, -0.05) is 18.2 Å². The minimum Gasteiger partial charge on any atom is -0.457 e. The predicted molar refractivity (Wildman–Crippen MR) is 102 cm³/mol. The van der Waals surface area contributed by atoms with Crippen LogP contribution in [0.15, 0.2) is 54.6 Å². The summed E-state index contributed by atoms with van der Waals surface area (Å²) in [5.41, 5.74) is 0.500. The van der Waals surface area contributed by atoms with Gasteiger partial charge >= 0.3 is 6.18 Å². The molecule has 1 aliphatic rings. The van der Waals surface area contributed by atoms with Crippen LogP contribution in [0.2, 0.25) is 0 Å². The van der Waals surface area contributed by atoms with Gasteiger partial charge in [0.2, 0.25) is 5.91 Å². The van der Waals surface area contributed by atoms with Gasteiger partial charge in [-0.15, -0.1) is 0 Å². The highest BCUT2D eigenvalue weighted by Crippen LogP contribution is 2.26. The Kier molecular flexibility index (Phi) is 6.56. The molecule has 2 aromatic carbocycles. The first kappa shape index (κ1) is 20.9. The third kappa shape index (κ3) is 6.07. The van der Waals surface area contributed by atoms with Gasteiger partial charge in [0, 0.05) is 31.0 Å². The molecule has 0 N–H and O–H groups in total. The summed E-state index contributed by atoms with van der Waals surface area (Å²) < 4.78 is 42.7. The summed E-state index contributed by atoms with van der Waals surface area (Å²) in [6.45, 7) is 0.558. The van der Waals surface area contributed by atoms with Crippen molar-refractivity contribution in [3.05, 3.63) is 60.2 Å². The number of hydrogen-bond donors (Lipinski definition) is 0. The van der Waals surface area contributed by atoms with Gasteiger partial charge in [0.05, 0.1) is 6.42 Å². The van der Waals surface area contributed by atoms with E-state index >= 15 is 0 Å². The second kappa shape index (κ2) is 9.11. The third-order valence-electron chi connectivity index (χ3n) is 4.88. The number of piperidine rings is 1. The Labute approximate surface area is 167 Å². The molecule has 0 bridgehead atoms. The topological polar surface area (TPSA) is 46.6 Å². The molecule has 1 amide bonds. The van der Waals surface area contributed by atoms with Crippen molar-refractivity contribution in [1.29, 1.82) is 0 Å². The number of benzene rings is 2. The molecular weight excluding hydrogens is 383 g/mol. The molecular formula is C22H22F3NO3. The maximum absolute atomic E-state index is 12.8. The summed E-state index contributed by atoms with van der Waals surface area (Å²) in [7, 11) is 0. The number of nitrogens with zero attached hydrogens (tertiary/aromatic N) is 1. The molecule has 29 heavy (non-hydrogen) atoms. The van der Waals surface area contributed by atoms with Crippen LogP contribution >= 0.6 is 0 Å².